The summed E-state index contributed by atoms with van der Waals surface area (Å²) in [6, 6.07) is 0.339. The quantitative estimate of drug-likeness (QED) is 0.709. The SMILES string of the molecule is C=C/C=C(\C=C/C)C1CCCCC1N.CC. The van der Waals surface area contributed by atoms with Crippen LogP contribution in [0.15, 0.2) is 36.5 Å². The molecule has 0 aliphatic heterocycles. The van der Waals surface area contributed by atoms with E-state index >= 15 is 0 Å². The van der Waals surface area contributed by atoms with Crippen LogP contribution in [0.2, 0.25) is 0 Å². The fourth-order valence-electron chi connectivity index (χ4n) is 2.20. The summed E-state index contributed by atoms with van der Waals surface area (Å²) in [6.45, 7) is 9.80. The zero-order chi connectivity index (χ0) is 12.4. The molecule has 2 atom stereocenters. The van der Waals surface area contributed by atoms with Gasteiger partial charge >= 0.3 is 0 Å². The van der Waals surface area contributed by atoms with Gasteiger partial charge < -0.3 is 5.73 Å². The topological polar surface area (TPSA) is 26.0 Å². The summed E-state index contributed by atoms with van der Waals surface area (Å²) in [5.74, 6) is 0.540. The molecule has 0 aromatic carbocycles. The van der Waals surface area contributed by atoms with Crippen LogP contribution in [0.1, 0.15) is 46.5 Å². The number of nitrogens with two attached hydrogens (primary N) is 1. The van der Waals surface area contributed by atoms with Crippen molar-refractivity contribution in [3.63, 3.8) is 0 Å². The van der Waals surface area contributed by atoms with E-state index in [0.717, 1.165) is 6.42 Å². The van der Waals surface area contributed by atoms with Gasteiger partial charge in [-0.3, -0.25) is 0 Å². The molecule has 1 aliphatic rings. The molecule has 0 amide bonds. The first-order chi connectivity index (χ1) is 7.79. The molecule has 1 rings (SSSR count). The van der Waals surface area contributed by atoms with E-state index < -0.39 is 0 Å². The van der Waals surface area contributed by atoms with Gasteiger partial charge in [0.2, 0.25) is 0 Å². The predicted octanol–water partition coefficient (Wildman–Crippen LogP) is 4.22. The number of rotatable bonds is 3. The minimum absolute atomic E-state index is 0.339. The van der Waals surface area contributed by atoms with E-state index in [4.69, 9.17) is 5.73 Å². The van der Waals surface area contributed by atoms with Gasteiger partial charge in [-0.1, -0.05) is 57.6 Å². The van der Waals surface area contributed by atoms with Crippen LogP contribution in [-0.4, -0.2) is 6.04 Å². The fraction of sp³-hybridized carbons (Fsp3) is 0.600. The molecule has 92 valence electrons. The van der Waals surface area contributed by atoms with Gasteiger partial charge in [-0.15, -0.1) is 0 Å². The molecule has 1 heteroatoms. The second-order valence-electron chi connectivity index (χ2n) is 3.96. The second-order valence-corrected chi connectivity index (χ2v) is 3.96. The molecular weight excluding hydrogens is 194 g/mol. The summed E-state index contributed by atoms with van der Waals surface area (Å²) < 4.78 is 0. The minimum Gasteiger partial charge on any atom is -0.327 e. The van der Waals surface area contributed by atoms with Crippen LogP contribution in [0.3, 0.4) is 0 Å². The average Bonchev–Trinajstić information content (AvgIpc) is 2.32. The molecule has 1 saturated carbocycles. The third-order valence-electron chi connectivity index (χ3n) is 2.92. The van der Waals surface area contributed by atoms with Gasteiger partial charge in [-0.25, -0.2) is 0 Å². The van der Waals surface area contributed by atoms with E-state index in [2.05, 4.69) is 24.8 Å². The molecular formula is C15H27N. The highest BCUT2D eigenvalue weighted by atomic mass is 14.7. The molecule has 0 spiro atoms. The van der Waals surface area contributed by atoms with Crippen LogP contribution in [0.4, 0.5) is 0 Å². The van der Waals surface area contributed by atoms with Gasteiger partial charge in [0, 0.05) is 6.04 Å². The summed E-state index contributed by atoms with van der Waals surface area (Å²) in [5, 5.41) is 0. The van der Waals surface area contributed by atoms with Gasteiger partial charge in [-0.2, -0.15) is 0 Å². The molecule has 1 nitrogen and oxygen atoms in total. The summed E-state index contributed by atoms with van der Waals surface area (Å²) in [4.78, 5) is 0. The van der Waals surface area contributed by atoms with Gasteiger partial charge in [0.1, 0.15) is 0 Å². The van der Waals surface area contributed by atoms with Gasteiger partial charge in [0.05, 0.1) is 0 Å². The summed E-state index contributed by atoms with van der Waals surface area (Å²) in [7, 11) is 0. The molecule has 1 fully saturated rings. The third kappa shape index (κ3) is 4.80. The van der Waals surface area contributed by atoms with Crippen LogP contribution >= 0.6 is 0 Å². The number of hydrogen-bond donors (Lipinski definition) is 1. The lowest BCUT2D eigenvalue weighted by Crippen LogP contribution is -2.33. The Labute approximate surface area is 101 Å². The smallest absolute Gasteiger partial charge is 0.0108 e. The molecule has 0 aromatic heterocycles. The van der Waals surface area contributed by atoms with Crippen molar-refractivity contribution < 1.29 is 0 Å². The van der Waals surface area contributed by atoms with Crippen molar-refractivity contribution in [3.05, 3.63) is 36.5 Å². The lowest BCUT2D eigenvalue weighted by atomic mass is 9.80. The molecule has 0 saturated heterocycles. The molecule has 0 aromatic rings. The second kappa shape index (κ2) is 9.41. The summed E-state index contributed by atoms with van der Waals surface area (Å²) in [6.07, 6.45) is 13.2. The fourth-order valence-corrected chi connectivity index (χ4v) is 2.20. The Hall–Kier alpha value is -0.820. The monoisotopic (exact) mass is 221 g/mol. The standard InChI is InChI=1S/C13H21N.C2H6/c1-3-7-11(8-4-2)12-9-5-6-10-13(12)14;1-2/h3-4,7-8,12-13H,1,5-6,9-10,14H2,2H3;1-2H3/b8-4-,11-7+;. The first-order valence-corrected chi connectivity index (χ1v) is 6.50. The van der Waals surface area contributed by atoms with Crippen molar-refractivity contribution in [1.82, 2.24) is 0 Å². The van der Waals surface area contributed by atoms with E-state index in [1.54, 1.807) is 0 Å². The maximum absolute atomic E-state index is 6.13. The van der Waals surface area contributed by atoms with Gasteiger partial charge in [-0.05, 0) is 31.3 Å². The molecule has 0 bridgehead atoms. The maximum Gasteiger partial charge on any atom is 0.0108 e. The van der Waals surface area contributed by atoms with E-state index in [1.807, 2.05) is 26.8 Å². The predicted molar refractivity (Wildman–Crippen MR) is 74.4 cm³/mol. The molecule has 2 N–H and O–H groups in total. The highest BCUT2D eigenvalue weighted by molar-refractivity contribution is 5.27. The Kier molecular flexibility index (Phi) is 8.93. The van der Waals surface area contributed by atoms with Crippen LogP contribution in [0, 0.1) is 5.92 Å². The Morgan fingerprint density at radius 3 is 2.38 bits per heavy atom. The molecule has 0 radical (unpaired) electrons. The largest absolute Gasteiger partial charge is 0.327 e. The lowest BCUT2D eigenvalue weighted by molar-refractivity contribution is 0.352. The zero-order valence-corrected chi connectivity index (χ0v) is 11.1. The highest BCUT2D eigenvalue weighted by Crippen LogP contribution is 2.29. The highest BCUT2D eigenvalue weighted by Gasteiger charge is 2.23. The van der Waals surface area contributed by atoms with E-state index in [-0.39, 0.29) is 0 Å². The first-order valence-electron chi connectivity index (χ1n) is 6.50. The van der Waals surface area contributed by atoms with Crippen molar-refractivity contribution in [2.24, 2.45) is 11.7 Å². The summed E-state index contributed by atoms with van der Waals surface area (Å²) in [5.41, 5.74) is 7.47. The minimum atomic E-state index is 0.339. The molecule has 0 heterocycles. The lowest BCUT2D eigenvalue weighted by Gasteiger charge is -2.29. The Bertz CT molecular complexity index is 238. The zero-order valence-electron chi connectivity index (χ0n) is 11.1. The van der Waals surface area contributed by atoms with Crippen molar-refractivity contribution in [1.29, 1.82) is 0 Å². The van der Waals surface area contributed by atoms with E-state index in [9.17, 15) is 0 Å². The Morgan fingerprint density at radius 1 is 1.25 bits per heavy atom. The Morgan fingerprint density at radius 2 is 1.88 bits per heavy atom. The van der Waals surface area contributed by atoms with Gasteiger partial charge in [0.25, 0.3) is 0 Å². The van der Waals surface area contributed by atoms with Crippen LogP contribution in [-0.2, 0) is 0 Å². The van der Waals surface area contributed by atoms with Crippen LogP contribution in [0.25, 0.3) is 0 Å². The number of allylic oxidation sites excluding steroid dienone is 4. The van der Waals surface area contributed by atoms with Crippen molar-refractivity contribution in [3.8, 4) is 0 Å². The average molecular weight is 221 g/mol. The molecule has 1 aliphatic carbocycles. The number of hydrogen-bond acceptors (Lipinski definition) is 1. The Balaban J connectivity index is 0.00000106. The maximum atomic E-state index is 6.13. The molecule has 16 heavy (non-hydrogen) atoms. The van der Waals surface area contributed by atoms with Crippen molar-refractivity contribution >= 4 is 0 Å². The van der Waals surface area contributed by atoms with E-state index in [0.29, 0.717) is 12.0 Å². The normalized spacial score (nSPS) is 26.1. The van der Waals surface area contributed by atoms with Gasteiger partial charge in [0.15, 0.2) is 0 Å². The summed E-state index contributed by atoms with van der Waals surface area (Å²) >= 11 is 0. The van der Waals surface area contributed by atoms with E-state index in [1.165, 1.54) is 24.8 Å². The third-order valence-corrected chi connectivity index (χ3v) is 2.92. The first kappa shape index (κ1) is 15.2. The van der Waals surface area contributed by atoms with Crippen LogP contribution in [0.5, 0.6) is 0 Å². The van der Waals surface area contributed by atoms with Crippen molar-refractivity contribution in [2.75, 3.05) is 0 Å². The van der Waals surface area contributed by atoms with Crippen LogP contribution < -0.4 is 5.73 Å². The molecule has 2 unspecified atom stereocenters. The van der Waals surface area contributed by atoms with Crippen molar-refractivity contribution in [2.45, 2.75) is 52.5 Å².